The molecule has 0 amide bonds. The summed E-state index contributed by atoms with van der Waals surface area (Å²) in [6.07, 6.45) is -3.03. The predicted molar refractivity (Wildman–Crippen MR) is 96.9 cm³/mol. The van der Waals surface area contributed by atoms with Crippen molar-refractivity contribution in [2.75, 3.05) is 31.1 Å². The van der Waals surface area contributed by atoms with Crippen molar-refractivity contribution in [3.8, 4) is 11.3 Å². The van der Waals surface area contributed by atoms with Crippen LogP contribution >= 0.6 is 0 Å². The predicted octanol–water partition coefficient (Wildman–Crippen LogP) is 2.93. The van der Waals surface area contributed by atoms with Gasteiger partial charge in [0.25, 0.3) is 5.56 Å². The van der Waals surface area contributed by atoms with Crippen LogP contribution in [0.2, 0.25) is 0 Å². The summed E-state index contributed by atoms with van der Waals surface area (Å²) in [7, 11) is 0. The maximum atomic E-state index is 13.7. The lowest BCUT2D eigenvalue weighted by Crippen LogP contribution is -2.43. The summed E-state index contributed by atoms with van der Waals surface area (Å²) in [6.45, 7) is 3.28. The van der Waals surface area contributed by atoms with Crippen molar-refractivity contribution in [1.29, 1.82) is 0 Å². The van der Waals surface area contributed by atoms with Crippen LogP contribution in [0.1, 0.15) is 5.56 Å². The van der Waals surface area contributed by atoms with Crippen molar-refractivity contribution < 1.29 is 17.6 Å². The van der Waals surface area contributed by atoms with E-state index >= 15 is 0 Å². The Hall–Kier alpha value is -2.94. The zero-order valence-electron chi connectivity index (χ0n) is 14.6. The molecule has 5 nitrogen and oxygen atoms in total. The van der Waals surface area contributed by atoms with E-state index in [-0.39, 0.29) is 16.9 Å². The first-order valence-electron chi connectivity index (χ1n) is 8.68. The molecular weight excluding hydrogens is 376 g/mol. The number of piperazine rings is 1. The van der Waals surface area contributed by atoms with Gasteiger partial charge in [0.1, 0.15) is 11.5 Å². The minimum atomic E-state index is -4.69. The number of pyridine rings is 1. The van der Waals surface area contributed by atoms with Crippen LogP contribution in [0.15, 0.2) is 47.4 Å². The van der Waals surface area contributed by atoms with Gasteiger partial charge in [-0.05, 0) is 30.3 Å². The topological polar surface area (TPSA) is 49.6 Å². The third-order valence-electron chi connectivity index (χ3n) is 4.65. The Labute approximate surface area is 157 Å². The van der Waals surface area contributed by atoms with Gasteiger partial charge in [-0.1, -0.05) is 0 Å². The number of anilines is 1. The highest BCUT2D eigenvalue weighted by Gasteiger charge is 2.31. The number of alkyl halides is 3. The molecule has 1 fully saturated rings. The van der Waals surface area contributed by atoms with Gasteiger partial charge in [0, 0.05) is 44.0 Å². The van der Waals surface area contributed by atoms with E-state index in [1.54, 1.807) is 12.3 Å². The second kappa shape index (κ2) is 6.90. The highest BCUT2D eigenvalue weighted by molar-refractivity contribution is 5.63. The molecule has 0 aliphatic carbocycles. The van der Waals surface area contributed by atoms with Crippen LogP contribution in [0, 0.1) is 5.82 Å². The molecule has 1 N–H and O–H groups in total. The molecular formula is C19H16F4N4O. The van der Waals surface area contributed by atoms with Crippen LogP contribution in [0.25, 0.3) is 16.9 Å². The molecule has 1 saturated heterocycles. The maximum Gasteiger partial charge on any atom is 0.416 e. The Morgan fingerprint density at radius 3 is 2.50 bits per heavy atom. The number of hydrogen-bond acceptors (Lipinski definition) is 4. The molecule has 28 heavy (non-hydrogen) atoms. The zero-order chi connectivity index (χ0) is 19.9. The van der Waals surface area contributed by atoms with Crippen molar-refractivity contribution in [3.05, 3.63) is 64.3 Å². The Morgan fingerprint density at radius 1 is 1.04 bits per heavy atom. The summed E-state index contributed by atoms with van der Waals surface area (Å²) in [5.41, 5.74) is -0.550. The standard InChI is InChI=1S/C19H16F4N4O/c20-14-8-12(7-13(9-14)19(21,22)23)16-10-18(28)27-11-15(1-2-17(27)25-16)26-5-3-24-4-6-26/h1-2,7-11,24H,3-6H2. The van der Waals surface area contributed by atoms with Crippen molar-refractivity contribution in [2.24, 2.45) is 0 Å². The minimum absolute atomic E-state index is 0.00933. The number of hydrogen-bond donors (Lipinski definition) is 1. The SMILES string of the molecule is O=c1cc(-c2cc(F)cc(C(F)(F)F)c2)nc2ccc(N3CCNCC3)cn12. The van der Waals surface area contributed by atoms with Gasteiger partial charge in [0.2, 0.25) is 0 Å². The molecule has 1 aliphatic rings. The van der Waals surface area contributed by atoms with Crippen LogP contribution in [0.5, 0.6) is 0 Å². The second-order valence-electron chi connectivity index (χ2n) is 6.56. The van der Waals surface area contributed by atoms with Crippen LogP contribution < -0.4 is 15.8 Å². The summed E-state index contributed by atoms with van der Waals surface area (Å²) in [6, 6.07) is 6.69. The Bertz CT molecular complexity index is 1090. The molecule has 2 aromatic heterocycles. The minimum Gasteiger partial charge on any atom is -0.368 e. The number of benzene rings is 1. The molecule has 3 aromatic rings. The number of fused-ring (bicyclic) bond motifs is 1. The molecule has 0 radical (unpaired) electrons. The smallest absolute Gasteiger partial charge is 0.368 e. The van der Waals surface area contributed by atoms with Gasteiger partial charge < -0.3 is 10.2 Å². The maximum absolute atomic E-state index is 13.7. The van der Waals surface area contributed by atoms with Crippen LogP contribution in [0.3, 0.4) is 0 Å². The van der Waals surface area contributed by atoms with Crippen molar-refractivity contribution >= 4 is 11.3 Å². The highest BCUT2D eigenvalue weighted by atomic mass is 19.4. The Morgan fingerprint density at radius 2 is 1.79 bits per heavy atom. The van der Waals surface area contributed by atoms with Crippen molar-refractivity contribution in [1.82, 2.24) is 14.7 Å². The lowest BCUT2D eigenvalue weighted by atomic mass is 10.1. The number of halogens is 4. The fourth-order valence-electron chi connectivity index (χ4n) is 3.25. The van der Waals surface area contributed by atoms with E-state index in [0.717, 1.165) is 50.1 Å². The third kappa shape index (κ3) is 3.57. The summed E-state index contributed by atoms with van der Waals surface area (Å²) in [5, 5.41) is 3.25. The zero-order valence-corrected chi connectivity index (χ0v) is 14.6. The monoisotopic (exact) mass is 392 g/mol. The molecule has 0 atom stereocenters. The van der Waals surface area contributed by atoms with Gasteiger partial charge in [0.05, 0.1) is 16.9 Å². The molecule has 1 aliphatic heterocycles. The largest absolute Gasteiger partial charge is 0.416 e. The second-order valence-corrected chi connectivity index (χ2v) is 6.56. The van der Waals surface area contributed by atoms with Gasteiger partial charge in [-0.15, -0.1) is 0 Å². The molecule has 4 rings (SSSR count). The van der Waals surface area contributed by atoms with Gasteiger partial charge in [0.15, 0.2) is 0 Å². The molecule has 0 unspecified atom stereocenters. The van der Waals surface area contributed by atoms with Gasteiger partial charge >= 0.3 is 6.18 Å². The average Bonchev–Trinajstić information content (AvgIpc) is 2.67. The van der Waals surface area contributed by atoms with Gasteiger partial charge in [-0.25, -0.2) is 9.37 Å². The number of aromatic nitrogens is 2. The van der Waals surface area contributed by atoms with Crippen LogP contribution in [0.4, 0.5) is 23.2 Å². The first kappa shape index (κ1) is 18.4. The molecule has 0 spiro atoms. The van der Waals surface area contributed by atoms with E-state index in [4.69, 9.17) is 0 Å². The number of nitrogens with one attached hydrogen (secondary N) is 1. The molecule has 3 heterocycles. The molecule has 9 heteroatoms. The Balaban J connectivity index is 1.78. The van der Waals surface area contributed by atoms with Crippen molar-refractivity contribution in [3.63, 3.8) is 0 Å². The third-order valence-corrected chi connectivity index (χ3v) is 4.65. The molecule has 146 valence electrons. The Kier molecular flexibility index (Phi) is 4.54. The fourth-order valence-corrected chi connectivity index (χ4v) is 3.25. The van der Waals surface area contributed by atoms with Gasteiger partial charge in [-0.3, -0.25) is 9.20 Å². The normalized spacial score (nSPS) is 15.2. The number of rotatable bonds is 2. The van der Waals surface area contributed by atoms with E-state index in [2.05, 4.69) is 15.2 Å². The lowest BCUT2D eigenvalue weighted by Gasteiger charge is -2.29. The quantitative estimate of drug-likeness (QED) is 0.682. The first-order chi connectivity index (χ1) is 13.3. The first-order valence-corrected chi connectivity index (χ1v) is 8.68. The molecule has 0 bridgehead atoms. The van der Waals surface area contributed by atoms with Crippen LogP contribution in [-0.2, 0) is 6.18 Å². The molecule has 0 saturated carbocycles. The molecule has 1 aromatic carbocycles. The van der Waals surface area contributed by atoms with Crippen molar-refractivity contribution in [2.45, 2.75) is 6.18 Å². The van der Waals surface area contributed by atoms with Crippen LogP contribution in [-0.4, -0.2) is 35.6 Å². The van der Waals surface area contributed by atoms with E-state index in [0.29, 0.717) is 6.07 Å². The summed E-state index contributed by atoms with van der Waals surface area (Å²) < 4.78 is 53.9. The number of nitrogens with zero attached hydrogens (tertiary/aromatic N) is 3. The van der Waals surface area contributed by atoms with E-state index in [9.17, 15) is 22.4 Å². The fraction of sp³-hybridized carbons (Fsp3) is 0.263. The summed E-state index contributed by atoms with van der Waals surface area (Å²) >= 11 is 0. The lowest BCUT2D eigenvalue weighted by molar-refractivity contribution is -0.137. The summed E-state index contributed by atoms with van der Waals surface area (Å²) in [4.78, 5) is 18.9. The highest BCUT2D eigenvalue weighted by Crippen LogP contribution is 2.32. The van der Waals surface area contributed by atoms with E-state index in [1.807, 2.05) is 6.07 Å². The van der Waals surface area contributed by atoms with E-state index in [1.165, 1.54) is 4.40 Å². The van der Waals surface area contributed by atoms with Gasteiger partial charge in [-0.2, -0.15) is 13.2 Å². The summed E-state index contributed by atoms with van der Waals surface area (Å²) in [5.74, 6) is -1.04. The van der Waals surface area contributed by atoms with E-state index < -0.39 is 23.1 Å². The average molecular weight is 392 g/mol.